The van der Waals surface area contributed by atoms with Gasteiger partial charge in [-0.05, 0) is 23.8 Å². The Morgan fingerprint density at radius 3 is 2.62 bits per heavy atom. The molecule has 0 saturated carbocycles. The molecule has 0 spiro atoms. The fraction of sp³-hybridized carbons (Fsp3) is 0.200. The zero-order chi connectivity index (χ0) is 18.1. The Bertz CT molecular complexity index is 1010. The van der Waals surface area contributed by atoms with Gasteiger partial charge in [-0.1, -0.05) is 23.5 Å². The Morgan fingerprint density at radius 1 is 1.12 bits per heavy atom. The van der Waals surface area contributed by atoms with Crippen molar-refractivity contribution in [2.75, 3.05) is 0 Å². The van der Waals surface area contributed by atoms with Crippen LogP contribution in [0.1, 0.15) is 16.4 Å². The molecular formula is C15H11F3N6OS. The van der Waals surface area contributed by atoms with Gasteiger partial charge < -0.3 is 4.74 Å². The minimum absolute atomic E-state index is 0.261. The van der Waals surface area contributed by atoms with Crippen molar-refractivity contribution < 1.29 is 17.9 Å². The molecule has 4 aromatic rings. The van der Waals surface area contributed by atoms with Crippen molar-refractivity contribution in [1.29, 1.82) is 0 Å². The van der Waals surface area contributed by atoms with Gasteiger partial charge in [-0.15, -0.1) is 23.4 Å². The molecule has 0 radical (unpaired) electrons. The first-order chi connectivity index (χ1) is 12.5. The Morgan fingerprint density at radius 2 is 1.92 bits per heavy atom. The van der Waals surface area contributed by atoms with Crippen molar-refractivity contribution in [3.05, 3.63) is 59.1 Å². The highest BCUT2D eigenvalue weighted by molar-refractivity contribution is 7.16. The van der Waals surface area contributed by atoms with E-state index in [4.69, 9.17) is 0 Å². The standard InChI is InChI=1S/C15H11F3N6OS/c16-15(17,18)25-11-4-2-10(3-5-11)8-12-20-21-14-24(12)22-13(26-14)9-23-7-1-6-19-23/h1-7H,8-9H2. The van der Waals surface area contributed by atoms with Crippen molar-refractivity contribution in [2.24, 2.45) is 0 Å². The van der Waals surface area contributed by atoms with Gasteiger partial charge in [0.2, 0.25) is 4.96 Å². The van der Waals surface area contributed by atoms with E-state index in [1.54, 1.807) is 27.5 Å². The minimum Gasteiger partial charge on any atom is -0.406 e. The molecule has 0 aliphatic rings. The zero-order valence-corrected chi connectivity index (χ0v) is 13.9. The molecule has 0 aliphatic heterocycles. The molecule has 1 aromatic carbocycles. The lowest BCUT2D eigenvalue weighted by molar-refractivity contribution is -0.274. The summed E-state index contributed by atoms with van der Waals surface area (Å²) in [6.45, 7) is 0.532. The van der Waals surface area contributed by atoms with Gasteiger partial charge in [0.1, 0.15) is 10.8 Å². The Labute approximate surface area is 148 Å². The van der Waals surface area contributed by atoms with E-state index in [9.17, 15) is 13.2 Å². The third kappa shape index (κ3) is 3.67. The zero-order valence-electron chi connectivity index (χ0n) is 13.1. The van der Waals surface area contributed by atoms with Crippen LogP contribution in [0.3, 0.4) is 0 Å². The molecule has 26 heavy (non-hydrogen) atoms. The fourth-order valence-electron chi connectivity index (χ4n) is 2.40. The molecule has 4 rings (SSSR count). The first-order valence-corrected chi connectivity index (χ1v) is 8.30. The van der Waals surface area contributed by atoms with Gasteiger partial charge in [0, 0.05) is 18.8 Å². The number of nitrogens with zero attached hydrogens (tertiary/aromatic N) is 6. The molecule has 0 fully saturated rings. The van der Waals surface area contributed by atoms with Gasteiger partial charge in [0.15, 0.2) is 5.82 Å². The Kier molecular flexibility index (Phi) is 4.07. The molecule has 0 saturated heterocycles. The Hall–Kier alpha value is -2.95. The molecule has 3 aromatic heterocycles. The molecule has 0 aliphatic carbocycles. The van der Waals surface area contributed by atoms with Gasteiger partial charge in [-0.2, -0.15) is 14.7 Å². The lowest BCUT2D eigenvalue weighted by Gasteiger charge is -2.08. The molecule has 134 valence electrons. The average molecular weight is 380 g/mol. The molecular weight excluding hydrogens is 369 g/mol. The maximum Gasteiger partial charge on any atom is 0.573 e. The van der Waals surface area contributed by atoms with Gasteiger partial charge in [0.25, 0.3) is 0 Å². The predicted octanol–water partition coefficient (Wildman–Crippen LogP) is 2.92. The quantitative estimate of drug-likeness (QED) is 0.532. The molecule has 0 unspecified atom stereocenters. The maximum atomic E-state index is 12.2. The monoisotopic (exact) mass is 380 g/mol. The summed E-state index contributed by atoms with van der Waals surface area (Å²) >= 11 is 1.41. The summed E-state index contributed by atoms with van der Waals surface area (Å²) < 4.78 is 43.9. The van der Waals surface area contributed by atoms with E-state index in [-0.39, 0.29) is 5.75 Å². The molecule has 0 atom stereocenters. The number of benzene rings is 1. The molecule has 0 bridgehead atoms. The smallest absolute Gasteiger partial charge is 0.406 e. The normalized spacial score (nSPS) is 12.0. The van der Waals surface area contributed by atoms with E-state index in [2.05, 4.69) is 25.1 Å². The second-order valence-corrected chi connectivity index (χ2v) is 6.42. The van der Waals surface area contributed by atoms with E-state index >= 15 is 0 Å². The van der Waals surface area contributed by atoms with E-state index in [1.165, 1.54) is 23.5 Å². The van der Waals surface area contributed by atoms with Crippen LogP contribution in [0, 0.1) is 0 Å². The van der Waals surface area contributed by atoms with E-state index in [0.717, 1.165) is 10.6 Å². The van der Waals surface area contributed by atoms with Gasteiger partial charge in [-0.3, -0.25) is 4.68 Å². The van der Waals surface area contributed by atoms with Crippen molar-refractivity contribution in [3.63, 3.8) is 0 Å². The predicted molar refractivity (Wildman–Crippen MR) is 85.9 cm³/mol. The fourth-order valence-corrected chi connectivity index (χ4v) is 3.24. The Balaban J connectivity index is 1.51. The summed E-state index contributed by atoms with van der Waals surface area (Å²) in [5, 5.41) is 17.6. The number of halogens is 3. The van der Waals surface area contributed by atoms with Crippen molar-refractivity contribution in [2.45, 2.75) is 19.3 Å². The van der Waals surface area contributed by atoms with Crippen LogP contribution in [0.15, 0.2) is 42.7 Å². The summed E-state index contributed by atoms with van der Waals surface area (Å²) in [6, 6.07) is 7.48. The first kappa shape index (κ1) is 16.5. The lowest BCUT2D eigenvalue weighted by Crippen LogP contribution is -2.17. The number of rotatable bonds is 5. The highest BCUT2D eigenvalue weighted by atomic mass is 32.1. The molecule has 3 heterocycles. The highest BCUT2D eigenvalue weighted by Gasteiger charge is 2.30. The van der Waals surface area contributed by atoms with Gasteiger partial charge in [-0.25, -0.2) is 0 Å². The number of alkyl halides is 3. The minimum atomic E-state index is -4.70. The lowest BCUT2D eigenvalue weighted by atomic mass is 10.1. The van der Waals surface area contributed by atoms with Crippen LogP contribution >= 0.6 is 11.3 Å². The van der Waals surface area contributed by atoms with Crippen LogP contribution in [0.4, 0.5) is 13.2 Å². The number of hydrogen-bond acceptors (Lipinski definition) is 6. The van der Waals surface area contributed by atoms with Crippen LogP contribution in [0.25, 0.3) is 4.96 Å². The molecule has 0 amide bonds. The summed E-state index contributed by atoms with van der Waals surface area (Å²) in [6.07, 6.45) is -0.781. The van der Waals surface area contributed by atoms with E-state index in [0.29, 0.717) is 23.8 Å². The van der Waals surface area contributed by atoms with E-state index < -0.39 is 6.36 Å². The third-order valence-electron chi connectivity index (χ3n) is 3.47. The summed E-state index contributed by atoms with van der Waals surface area (Å²) in [5.41, 5.74) is 0.774. The number of fused-ring (bicyclic) bond motifs is 1. The van der Waals surface area contributed by atoms with Gasteiger partial charge >= 0.3 is 6.36 Å². The molecule has 11 heteroatoms. The SMILES string of the molecule is FC(F)(F)Oc1ccc(Cc2nnc3sc(Cn4cccn4)nn23)cc1. The topological polar surface area (TPSA) is 70.1 Å². The van der Waals surface area contributed by atoms with Crippen molar-refractivity contribution >= 4 is 16.3 Å². The van der Waals surface area contributed by atoms with Crippen LogP contribution in [-0.2, 0) is 13.0 Å². The van der Waals surface area contributed by atoms with Crippen LogP contribution in [0.5, 0.6) is 5.75 Å². The average Bonchev–Trinajstić information content (AvgIpc) is 3.28. The number of ether oxygens (including phenoxy) is 1. The van der Waals surface area contributed by atoms with Gasteiger partial charge in [0.05, 0.1) is 6.54 Å². The first-order valence-electron chi connectivity index (χ1n) is 7.48. The number of aromatic nitrogens is 6. The number of hydrogen-bond donors (Lipinski definition) is 0. The third-order valence-corrected chi connectivity index (χ3v) is 4.36. The second kappa shape index (κ2) is 6.41. The van der Waals surface area contributed by atoms with Crippen molar-refractivity contribution in [3.8, 4) is 5.75 Å². The second-order valence-electron chi connectivity index (χ2n) is 5.38. The summed E-state index contributed by atoms with van der Waals surface area (Å²) in [4.78, 5) is 0.652. The van der Waals surface area contributed by atoms with Crippen LogP contribution in [-0.4, -0.2) is 36.0 Å². The molecule has 7 nitrogen and oxygen atoms in total. The largest absolute Gasteiger partial charge is 0.573 e. The molecule has 0 N–H and O–H groups in total. The van der Waals surface area contributed by atoms with Crippen LogP contribution < -0.4 is 4.74 Å². The maximum absolute atomic E-state index is 12.2. The van der Waals surface area contributed by atoms with E-state index in [1.807, 2.05) is 12.3 Å². The highest BCUT2D eigenvalue weighted by Crippen LogP contribution is 2.23. The van der Waals surface area contributed by atoms with Crippen LogP contribution in [0.2, 0.25) is 0 Å². The summed E-state index contributed by atoms with van der Waals surface area (Å²) in [7, 11) is 0. The summed E-state index contributed by atoms with van der Waals surface area (Å²) in [5.74, 6) is 0.343. The van der Waals surface area contributed by atoms with Crippen molar-refractivity contribution in [1.82, 2.24) is 29.6 Å².